The summed E-state index contributed by atoms with van der Waals surface area (Å²) in [6.07, 6.45) is 5.29. The van der Waals surface area contributed by atoms with Crippen molar-refractivity contribution in [3.63, 3.8) is 0 Å². The molecular weight excluding hydrogens is 286 g/mol. The Morgan fingerprint density at radius 2 is 2.05 bits per heavy atom. The standard InChI is InChI=1S/C16H19NO3S/c1-20-14(18)11-6-5-7-12-13(11)17-15(19)16(10-21-12)8-3-2-4-9-16/h5-7H,2-4,8-10H2,1H3,(H,17,19). The molecule has 5 heteroatoms. The minimum atomic E-state index is -0.410. The Morgan fingerprint density at radius 3 is 2.76 bits per heavy atom. The molecule has 1 aliphatic carbocycles. The summed E-state index contributed by atoms with van der Waals surface area (Å²) in [5, 5.41) is 3.01. The van der Waals surface area contributed by atoms with Gasteiger partial charge in [0.25, 0.3) is 0 Å². The van der Waals surface area contributed by atoms with Gasteiger partial charge in [-0.25, -0.2) is 4.79 Å². The van der Waals surface area contributed by atoms with Gasteiger partial charge in [0.15, 0.2) is 0 Å². The maximum Gasteiger partial charge on any atom is 0.340 e. The van der Waals surface area contributed by atoms with Crippen LogP contribution in [0.4, 0.5) is 5.69 Å². The number of hydrogen-bond donors (Lipinski definition) is 1. The van der Waals surface area contributed by atoms with Crippen molar-refractivity contribution >= 4 is 29.3 Å². The highest BCUT2D eigenvalue weighted by Crippen LogP contribution is 2.46. The zero-order valence-corrected chi connectivity index (χ0v) is 12.9. The van der Waals surface area contributed by atoms with Gasteiger partial charge in [-0.3, -0.25) is 4.79 Å². The SMILES string of the molecule is COC(=O)c1cccc2c1NC(=O)C1(CCCCC1)CS2. The molecule has 1 aromatic rings. The van der Waals surface area contributed by atoms with E-state index in [1.165, 1.54) is 13.5 Å². The number of para-hydroxylation sites is 1. The molecule has 3 rings (SSSR count). The predicted molar refractivity (Wildman–Crippen MR) is 82.7 cm³/mol. The van der Waals surface area contributed by atoms with Gasteiger partial charge in [0.05, 0.1) is 23.8 Å². The van der Waals surface area contributed by atoms with Gasteiger partial charge in [0, 0.05) is 10.6 Å². The topological polar surface area (TPSA) is 55.4 Å². The van der Waals surface area contributed by atoms with Gasteiger partial charge in [-0.2, -0.15) is 0 Å². The van der Waals surface area contributed by atoms with E-state index in [4.69, 9.17) is 4.74 Å². The van der Waals surface area contributed by atoms with E-state index < -0.39 is 5.97 Å². The first-order chi connectivity index (χ1) is 10.2. The lowest BCUT2D eigenvalue weighted by Gasteiger charge is -2.33. The summed E-state index contributed by atoms with van der Waals surface area (Å²) in [6.45, 7) is 0. The van der Waals surface area contributed by atoms with Gasteiger partial charge in [0.1, 0.15) is 0 Å². The van der Waals surface area contributed by atoms with Crippen molar-refractivity contribution in [1.29, 1.82) is 0 Å². The fourth-order valence-corrected chi connectivity index (χ4v) is 4.52. The summed E-state index contributed by atoms with van der Waals surface area (Å²) < 4.78 is 4.82. The van der Waals surface area contributed by atoms with E-state index in [9.17, 15) is 9.59 Å². The molecule has 112 valence electrons. The third-order valence-electron chi connectivity index (χ3n) is 4.47. The highest BCUT2D eigenvalue weighted by molar-refractivity contribution is 7.99. The van der Waals surface area contributed by atoms with Crippen LogP contribution in [-0.4, -0.2) is 24.7 Å². The van der Waals surface area contributed by atoms with Crippen LogP contribution >= 0.6 is 11.8 Å². The Balaban J connectivity index is 1.97. The van der Waals surface area contributed by atoms with E-state index in [0.717, 1.165) is 36.3 Å². The number of anilines is 1. The quantitative estimate of drug-likeness (QED) is 0.807. The second-order valence-electron chi connectivity index (χ2n) is 5.75. The fourth-order valence-electron chi connectivity index (χ4n) is 3.19. The largest absolute Gasteiger partial charge is 0.465 e. The van der Waals surface area contributed by atoms with E-state index in [1.807, 2.05) is 12.1 Å². The van der Waals surface area contributed by atoms with E-state index >= 15 is 0 Å². The van der Waals surface area contributed by atoms with Crippen molar-refractivity contribution in [2.75, 3.05) is 18.2 Å². The van der Waals surface area contributed by atoms with Crippen molar-refractivity contribution in [1.82, 2.24) is 0 Å². The molecule has 1 aliphatic heterocycles. The molecule has 0 aromatic heterocycles. The molecule has 1 amide bonds. The molecule has 1 aromatic carbocycles. The third-order valence-corrected chi connectivity index (χ3v) is 5.81. The summed E-state index contributed by atoms with van der Waals surface area (Å²) in [4.78, 5) is 25.6. The number of amides is 1. The Bertz CT molecular complexity index is 579. The van der Waals surface area contributed by atoms with Crippen LogP contribution in [0.5, 0.6) is 0 Å². The van der Waals surface area contributed by atoms with Crippen LogP contribution in [0.1, 0.15) is 42.5 Å². The molecular formula is C16H19NO3S. The Kier molecular flexibility index (Phi) is 3.93. The van der Waals surface area contributed by atoms with Crippen LogP contribution in [-0.2, 0) is 9.53 Å². The van der Waals surface area contributed by atoms with Crippen LogP contribution in [0.25, 0.3) is 0 Å². The van der Waals surface area contributed by atoms with Crippen molar-refractivity contribution < 1.29 is 14.3 Å². The van der Waals surface area contributed by atoms with Crippen LogP contribution in [0.15, 0.2) is 23.1 Å². The first-order valence-electron chi connectivity index (χ1n) is 7.32. The average Bonchev–Trinajstić information content (AvgIpc) is 2.65. The molecule has 0 saturated heterocycles. The molecule has 2 aliphatic rings. The smallest absolute Gasteiger partial charge is 0.340 e. The Morgan fingerprint density at radius 1 is 1.29 bits per heavy atom. The number of thioether (sulfide) groups is 1. The first-order valence-corrected chi connectivity index (χ1v) is 8.30. The molecule has 1 N–H and O–H groups in total. The van der Waals surface area contributed by atoms with Crippen molar-refractivity contribution in [2.24, 2.45) is 5.41 Å². The van der Waals surface area contributed by atoms with Gasteiger partial charge >= 0.3 is 5.97 Å². The lowest BCUT2D eigenvalue weighted by Crippen LogP contribution is -2.39. The van der Waals surface area contributed by atoms with Crippen molar-refractivity contribution in [3.05, 3.63) is 23.8 Å². The van der Waals surface area contributed by atoms with E-state index in [0.29, 0.717) is 11.3 Å². The number of carbonyl (C=O) groups is 2. The van der Waals surface area contributed by atoms with E-state index in [-0.39, 0.29) is 11.3 Å². The number of methoxy groups -OCH3 is 1. The number of esters is 1. The lowest BCUT2D eigenvalue weighted by molar-refractivity contribution is -0.126. The van der Waals surface area contributed by atoms with Crippen LogP contribution in [0.3, 0.4) is 0 Å². The molecule has 1 saturated carbocycles. The number of nitrogens with one attached hydrogen (secondary N) is 1. The van der Waals surface area contributed by atoms with E-state index in [2.05, 4.69) is 5.32 Å². The predicted octanol–water partition coefficient (Wildman–Crippen LogP) is 3.47. The monoisotopic (exact) mass is 305 g/mol. The minimum Gasteiger partial charge on any atom is -0.465 e. The summed E-state index contributed by atoms with van der Waals surface area (Å²) in [6, 6.07) is 5.49. The highest BCUT2D eigenvalue weighted by Gasteiger charge is 2.42. The second kappa shape index (κ2) is 5.72. The van der Waals surface area contributed by atoms with Crippen molar-refractivity contribution in [2.45, 2.75) is 37.0 Å². The lowest BCUT2D eigenvalue weighted by atomic mass is 9.75. The van der Waals surface area contributed by atoms with Crippen molar-refractivity contribution in [3.8, 4) is 0 Å². The summed E-state index contributed by atoms with van der Waals surface area (Å²) in [5.41, 5.74) is 0.764. The molecule has 0 atom stereocenters. The van der Waals surface area contributed by atoms with Gasteiger partial charge in [-0.15, -0.1) is 11.8 Å². The molecule has 1 heterocycles. The average molecular weight is 305 g/mol. The minimum absolute atomic E-state index is 0.0600. The zero-order chi connectivity index (χ0) is 14.9. The molecule has 0 bridgehead atoms. The molecule has 1 fully saturated rings. The molecule has 0 unspecified atom stereocenters. The zero-order valence-electron chi connectivity index (χ0n) is 12.1. The number of hydrogen-bond acceptors (Lipinski definition) is 4. The van der Waals surface area contributed by atoms with Crippen LogP contribution in [0, 0.1) is 5.41 Å². The number of fused-ring (bicyclic) bond motifs is 1. The van der Waals surface area contributed by atoms with E-state index in [1.54, 1.807) is 17.8 Å². The van der Waals surface area contributed by atoms with Gasteiger partial charge < -0.3 is 10.1 Å². The number of rotatable bonds is 1. The Labute approximate surface area is 128 Å². The summed E-state index contributed by atoms with van der Waals surface area (Å²) >= 11 is 1.67. The first kappa shape index (κ1) is 14.4. The molecule has 0 radical (unpaired) electrons. The number of ether oxygens (including phenoxy) is 1. The Hall–Kier alpha value is -1.49. The van der Waals surface area contributed by atoms with Gasteiger partial charge in [-0.1, -0.05) is 25.3 Å². The van der Waals surface area contributed by atoms with Gasteiger partial charge in [-0.05, 0) is 25.0 Å². The second-order valence-corrected chi connectivity index (χ2v) is 6.77. The summed E-state index contributed by atoms with van der Waals surface area (Å²) in [7, 11) is 1.36. The normalized spacial score (nSPS) is 20.3. The number of carbonyl (C=O) groups excluding carboxylic acids is 2. The van der Waals surface area contributed by atoms with Crippen LogP contribution < -0.4 is 5.32 Å². The van der Waals surface area contributed by atoms with Crippen LogP contribution in [0.2, 0.25) is 0 Å². The molecule has 4 nitrogen and oxygen atoms in total. The molecule has 21 heavy (non-hydrogen) atoms. The van der Waals surface area contributed by atoms with Gasteiger partial charge in [0.2, 0.25) is 5.91 Å². The fraction of sp³-hybridized carbons (Fsp3) is 0.500. The highest BCUT2D eigenvalue weighted by atomic mass is 32.2. The summed E-state index contributed by atoms with van der Waals surface area (Å²) in [5.74, 6) is 0.438. The third kappa shape index (κ3) is 2.55. The maximum atomic E-state index is 12.7. The molecule has 1 spiro atoms. The maximum absolute atomic E-state index is 12.7. The number of benzene rings is 1.